The second-order valence-electron chi connectivity index (χ2n) is 16.6. The number of hydrogen-bond donors (Lipinski definition) is 2. The summed E-state index contributed by atoms with van der Waals surface area (Å²) in [7, 11) is 0. The standard InChI is InChI=1S/C56H50F8N4/c1-9-33-17-15-18-34(10-2)53(33)67-55-41(43(57)45(59)47(61)49(55)63)27-65-51-29(5)23-37(24-30(51)6)39-21-13-14-22-40(39)38-25-31(7)52(32(8)26-38)66-28-42-44(58)46(60)48(62)50(64)56(42)68-54-35(11-3)19-16-20-36(54)12-4/h13-28,67-68H,9-12H2,1-8H3. The molecule has 0 spiro atoms. The van der Waals surface area contributed by atoms with Crippen molar-refractivity contribution < 1.29 is 35.1 Å². The van der Waals surface area contributed by atoms with Crippen LogP contribution < -0.4 is 10.6 Å². The van der Waals surface area contributed by atoms with Crippen molar-refractivity contribution in [3.8, 4) is 22.3 Å². The lowest BCUT2D eigenvalue weighted by Crippen LogP contribution is -2.10. The first-order chi connectivity index (χ1) is 32.5. The quantitative estimate of drug-likeness (QED) is 0.0494. The maximum atomic E-state index is 15.6. The van der Waals surface area contributed by atoms with E-state index in [0.717, 1.165) is 56.9 Å². The van der Waals surface area contributed by atoms with Crippen molar-refractivity contribution in [3.63, 3.8) is 0 Å². The van der Waals surface area contributed by atoms with Gasteiger partial charge >= 0.3 is 0 Å². The number of aryl methyl sites for hydroxylation is 8. The van der Waals surface area contributed by atoms with Crippen molar-refractivity contribution in [2.24, 2.45) is 9.98 Å². The number of anilines is 4. The summed E-state index contributed by atoms with van der Waals surface area (Å²) in [5.74, 6) is -14.1. The highest BCUT2D eigenvalue weighted by molar-refractivity contribution is 5.94. The van der Waals surface area contributed by atoms with E-state index in [1.165, 1.54) is 0 Å². The molecule has 0 saturated heterocycles. The molecule has 0 aromatic heterocycles. The van der Waals surface area contributed by atoms with Gasteiger partial charge in [-0.25, -0.2) is 35.1 Å². The molecule has 2 N–H and O–H groups in total. The highest BCUT2D eigenvalue weighted by Crippen LogP contribution is 2.40. The van der Waals surface area contributed by atoms with Gasteiger partial charge in [-0.15, -0.1) is 0 Å². The number of rotatable bonds is 14. The zero-order chi connectivity index (χ0) is 49.1. The Hall–Kier alpha value is -7.08. The summed E-state index contributed by atoms with van der Waals surface area (Å²) in [5, 5.41) is 5.76. The van der Waals surface area contributed by atoms with Gasteiger partial charge in [0, 0.05) is 23.8 Å². The molecule has 0 amide bonds. The predicted octanol–water partition coefficient (Wildman–Crippen LogP) is 16.6. The summed E-state index contributed by atoms with van der Waals surface area (Å²) >= 11 is 0. The van der Waals surface area contributed by atoms with E-state index in [-0.39, 0.29) is 0 Å². The van der Waals surface area contributed by atoms with Crippen LogP contribution in [-0.2, 0) is 25.7 Å². The van der Waals surface area contributed by atoms with Gasteiger partial charge < -0.3 is 10.6 Å². The molecule has 0 atom stereocenters. The van der Waals surface area contributed by atoms with E-state index in [1.54, 1.807) is 27.7 Å². The zero-order valence-electron chi connectivity index (χ0n) is 39.0. The molecular formula is C56H50F8N4. The molecular weight excluding hydrogens is 881 g/mol. The molecule has 68 heavy (non-hydrogen) atoms. The van der Waals surface area contributed by atoms with E-state index in [2.05, 4.69) is 20.6 Å². The molecule has 0 unspecified atom stereocenters. The maximum Gasteiger partial charge on any atom is 0.199 e. The molecule has 0 aliphatic heterocycles. The van der Waals surface area contributed by atoms with Gasteiger partial charge in [-0.05, 0) is 144 Å². The van der Waals surface area contributed by atoms with Crippen LogP contribution in [0.15, 0.2) is 94.9 Å². The molecule has 0 radical (unpaired) electrons. The van der Waals surface area contributed by atoms with E-state index >= 15 is 17.6 Å². The van der Waals surface area contributed by atoms with Crippen molar-refractivity contribution in [2.75, 3.05) is 10.6 Å². The van der Waals surface area contributed by atoms with Gasteiger partial charge in [0.05, 0.1) is 33.9 Å². The number of nitrogens with zero attached hydrogens (tertiary/aromatic N) is 2. The topological polar surface area (TPSA) is 48.8 Å². The van der Waals surface area contributed by atoms with Gasteiger partial charge in [0.2, 0.25) is 0 Å². The second kappa shape index (κ2) is 20.4. The number of aliphatic imine (C=N–C) groups is 2. The second-order valence-corrected chi connectivity index (χ2v) is 16.6. The molecule has 12 heteroatoms. The summed E-state index contributed by atoms with van der Waals surface area (Å²) in [6.45, 7) is 14.8. The Morgan fingerprint density at radius 3 is 0.971 bits per heavy atom. The Balaban J connectivity index is 1.24. The summed E-state index contributed by atoms with van der Waals surface area (Å²) in [5.41, 5.74) is 8.50. The monoisotopic (exact) mass is 930 g/mol. The molecule has 0 aliphatic rings. The molecule has 0 fully saturated rings. The lowest BCUT2D eigenvalue weighted by molar-refractivity contribution is 0.410. The fraction of sp³-hybridized carbons (Fsp3) is 0.214. The van der Waals surface area contributed by atoms with Gasteiger partial charge in [-0.1, -0.05) is 88.4 Å². The SMILES string of the molecule is CCc1cccc(CC)c1Nc1c(F)c(F)c(F)c(F)c1C=Nc1c(C)cc(-c2ccccc2-c2cc(C)c(N=Cc3c(F)c(F)c(F)c(F)c3Nc3c(CC)cccc3CC)c(C)c2)cc1C. The molecule has 0 bridgehead atoms. The minimum absolute atomic E-state index is 0.412. The third-order valence-corrected chi connectivity index (χ3v) is 12.3. The van der Waals surface area contributed by atoms with Crippen LogP contribution in [0, 0.1) is 74.2 Å². The highest BCUT2D eigenvalue weighted by Gasteiger charge is 2.28. The minimum Gasteiger partial charge on any atom is -0.352 e. The smallest absolute Gasteiger partial charge is 0.199 e. The molecule has 350 valence electrons. The van der Waals surface area contributed by atoms with E-state index in [1.807, 2.05) is 113 Å². The van der Waals surface area contributed by atoms with Crippen molar-refractivity contribution in [1.82, 2.24) is 0 Å². The molecule has 7 rings (SSSR count). The zero-order valence-corrected chi connectivity index (χ0v) is 39.0. The van der Waals surface area contributed by atoms with Crippen LogP contribution in [0.4, 0.5) is 69.2 Å². The Kier molecular flexibility index (Phi) is 14.7. The third-order valence-electron chi connectivity index (χ3n) is 12.3. The minimum atomic E-state index is -1.95. The Morgan fingerprint density at radius 2 is 0.676 bits per heavy atom. The fourth-order valence-corrected chi connectivity index (χ4v) is 8.72. The largest absolute Gasteiger partial charge is 0.352 e. The van der Waals surface area contributed by atoms with Gasteiger partial charge in [-0.2, -0.15) is 0 Å². The van der Waals surface area contributed by atoms with Crippen molar-refractivity contribution >= 4 is 46.6 Å². The molecule has 0 aliphatic carbocycles. The van der Waals surface area contributed by atoms with Crippen molar-refractivity contribution in [2.45, 2.75) is 81.1 Å². The first-order valence-corrected chi connectivity index (χ1v) is 22.4. The Bertz CT molecular complexity index is 2860. The first kappa shape index (κ1) is 48.8. The molecule has 7 aromatic rings. The van der Waals surface area contributed by atoms with E-state index in [9.17, 15) is 17.6 Å². The van der Waals surface area contributed by atoms with Crippen LogP contribution in [0.3, 0.4) is 0 Å². The van der Waals surface area contributed by atoms with Crippen LogP contribution in [0.25, 0.3) is 22.3 Å². The van der Waals surface area contributed by atoms with Gasteiger partial charge in [0.15, 0.2) is 46.5 Å². The summed E-state index contributed by atoms with van der Waals surface area (Å²) in [6.07, 6.45) is 4.18. The number of hydrogen-bond acceptors (Lipinski definition) is 4. The number of benzene rings is 7. The first-order valence-electron chi connectivity index (χ1n) is 22.4. The summed E-state index contributed by atoms with van der Waals surface area (Å²) in [4.78, 5) is 9.04. The molecule has 0 saturated carbocycles. The van der Waals surface area contributed by atoms with Crippen LogP contribution >= 0.6 is 0 Å². The average molecular weight is 931 g/mol. The maximum absolute atomic E-state index is 15.6. The van der Waals surface area contributed by atoms with Crippen LogP contribution in [0.1, 0.15) is 83.3 Å². The number of halogens is 8. The fourth-order valence-electron chi connectivity index (χ4n) is 8.72. The third kappa shape index (κ3) is 9.28. The van der Waals surface area contributed by atoms with Gasteiger partial charge in [0.25, 0.3) is 0 Å². The van der Waals surface area contributed by atoms with E-state index in [4.69, 9.17) is 0 Å². The van der Waals surface area contributed by atoms with E-state index < -0.39 is 69.0 Å². The molecule has 4 nitrogen and oxygen atoms in total. The summed E-state index contributed by atoms with van der Waals surface area (Å²) in [6, 6.07) is 26.1. The lowest BCUT2D eigenvalue weighted by atomic mass is 9.90. The Morgan fingerprint density at radius 1 is 0.382 bits per heavy atom. The van der Waals surface area contributed by atoms with Crippen molar-refractivity contribution in [1.29, 1.82) is 0 Å². The number of nitrogens with one attached hydrogen (secondary N) is 2. The van der Waals surface area contributed by atoms with Crippen LogP contribution in [0.2, 0.25) is 0 Å². The lowest BCUT2D eigenvalue weighted by Gasteiger charge is -2.19. The highest BCUT2D eigenvalue weighted by atomic mass is 19.2. The molecule has 7 aromatic carbocycles. The van der Waals surface area contributed by atoms with Crippen LogP contribution in [0.5, 0.6) is 0 Å². The van der Waals surface area contributed by atoms with Crippen LogP contribution in [-0.4, -0.2) is 12.4 Å². The average Bonchev–Trinajstić information content (AvgIpc) is 3.34. The Labute approximate surface area is 391 Å². The molecule has 0 heterocycles. The van der Waals surface area contributed by atoms with Gasteiger partial charge in [-0.3, -0.25) is 9.98 Å². The number of para-hydroxylation sites is 2. The normalized spacial score (nSPS) is 11.6. The van der Waals surface area contributed by atoms with Gasteiger partial charge in [0.1, 0.15) is 0 Å². The van der Waals surface area contributed by atoms with E-state index in [0.29, 0.717) is 70.7 Å². The summed E-state index contributed by atoms with van der Waals surface area (Å²) < 4.78 is 121. The van der Waals surface area contributed by atoms with Crippen molar-refractivity contribution in [3.05, 3.63) is 187 Å². The predicted molar refractivity (Wildman–Crippen MR) is 260 cm³/mol.